The minimum absolute atomic E-state index is 0.0744. The fourth-order valence-electron chi connectivity index (χ4n) is 2.98. The van der Waals surface area contributed by atoms with E-state index in [-0.39, 0.29) is 12.2 Å². The van der Waals surface area contributed by atoms with Crippen molar-refractivity contribution in [1.82, 2.24) is 9.78 Å². The highest BCUT2D eigenvalue weighted by Gasteiger charge is 2.39. The predicted octanol–water partition coefficient (Wildman–Crippen LogP) is 1.99. The van der Waals surface area contributed by atoms with Gasteiger partial charge < -0.3 is 9.84 Å². The average molecular weight is 268 g/mol. The lowest BCUT2D eigenvalue weighted by molar-refractivity contribution is -0.100. The molecule has 0 aromatic carbocycles. The van der Waals surface area contributed by atoms with Crippen molar-refractivity contribution in [2.45, 2.75) is 43.9 Å². The van der Waals surface area contributed by atoms with Crippen molar-refractivity contribution in [3.63, 3.8) is 0 Å². The molecule has 1 atom stereocenters. The molecule has 1 aromatic heterocycles. The molecule has 18 heavy (non-hydrogen) atoms. The van der Waals surface area contributed by atoms with Crippen LogP contribution in [0.15, 0.2) is 12.4 Å². The number of aliphatic hydroxyl groups excluding tert-OH is 1. The highest BCUT2D eigenvalue weighted by atomic mass is 32.2. The summed E-state index contributed by atoms with van der Waals surface area (Å²) in [6.07, 6.45) is 8.17. The zero-order chi connectivity index (χ0) is 12.4. The van der Waals surface area contributed by atoms with Gasteiger partial charge in [-0.2, -0.15) is 16.9 Å². The van der Waals surface area contributed by atoms with Gasteiger partial charge in [0.15, 0.2) is 0 Å². The lowest BCUT2D eigenvalue weighted by Gasteiger charge is -2.43. The van der Waals surface area contributed by atoms with Crippen LogP contribution in [0.1, 0.15) is 37.3 Å². The second kappa shape index (κ2) is 5.23. The van der Waals surface area contributed by atoms with Crippen molar-refractivity contribution in [3.05, 3.63) is 18.0 Å². The van der Waals surface area contributed by atoms with E-state index < -0.39 is 0 Å². The number of rotatable bonds is 2. The van der Waals surface area contributed by atoms with Crippen molar-refractivity contribution in [3.8, 4) is 0 Å². The monoisotopic (exact) mass is 268 g/mol. The van der Waals surface area contributed by atoms with Gasteiger partial charge in [0, 0.05) is 18.4 Å². The van der Waals surface area contributed by atoms with Crippen molar-refractivity contribution < 1.29 is 9.84 Å². The van der Waals surface area contributed by atoms with Crippen LogP contribution in [0.25, 0.3) is 0 Å². The average Bonchev–Trinajstić information content (AvgIpc) is 2.88. The SMILES string of the molecule is OCc1cnn(C2CCOC3(CCSCC3)C2)c1. The zero-order valence-electron chi connectivity index (χ0n) is 10.5. The molecule has 2 fully saturated rings. The molecule has 2 aliphatic rings. The van der Waals surface area contributed by atoms with Crippen LogP contribution in [0.4, 0.5) is 0 Å². The third kappa shape index (κ3) is 2.44. The number of aliphatic hydroxyl groups is 1. The molecule has 0 aliphatic carbocycles. The molecule has 5 heteroatoms. The highest BCUT2D eigenvalue weighted by Crippen LogP contribution is 2.41. The fourth-order valence-corrected chi connectivity index (χ4v) is 4.22. The molecule has 1 N–H and O–H groups in total. The zero-order valence-corrected chi connectivity index (χ0v) is 11.4. The second-order valence-corrected chi connectivity index (χ2v) is 6.50. The van der Waals surface area contributed by atoms with Crippen LogP contribution in [0.3, 0.4) is 0 Å². The topological polar surface area (TPSA) is 47.3 Å². The first kappa shape index (κ1) is 12.5. The predicted molar refractivity (Wildman–Crippen MR) is 71.7 cm³/mol. The van der Waals surface area contributed by atoms with Crippen LogP contribution in [0.5, 0.6) is 0 Å². The fraction of sp³-hybridized carbons (Fsp3) is 0.769. The van der Waals surface area contributed by atoms with Crippen LogP contribution < -0.4 is 0 Å². The van der Waals surface area contributed by atoms with E-state index in [2.05, 4.69) is 5.10 Å². The molecule has 2 aliphatic heterocycles. The van der Waals surface area contributed by atoms with Gasteiger partial charge in [0.25, 0.3) is 0 Å². The number of hydrogen-bond donors (Lipinski definition) is 1. The smallest absolute Gasteiger partial charge is 0.0718 e. The lowest BCUT2D eigenvalue weighted by atomic mass is 9.85. The van der Waals surface area contributed by atoms with E-state index in [1.165, 1.54) is 24.3 Å². The van der Waals surface area contributed by atoms with Gasteiger partial charge in [-0.3, -0.25) is 4.68 Å². The highest BCUT2D eigenvalue weighted by molar-refractivity contribution is 7.99. The maximum absolute atomic E-state index is 9.11. The van der Waals surface area contributed by atoms with Gasteiger partial charge in [-0.15, -0.1) is 0 Å². The molecule has 1 aromatic rings. The quantitative estimate of drug-likeness (QED) is 0.891. The summed E-state index contributed by atoms with van der Waals surface area (Å²) in [5, 5.41) is 13.5. The molecular weight excluding hydrogens is 248 g/mol. The Labute approximate surface area is 112 Å². The molecule has 1 unspecified atom stereocenters. The maximum Gasteiger partial charge on any atom is 0.0718 e. The first-order chi connectivity index (χ1) is 8.81. The Bertz CT molecular complexity index is 396. The number of nitrogens with zero attached hydrogens (tertiary/aromatic N) is 2. The third-order valence-corrected chi connectivity index (χ3v) is 5.07. The number of ether oxygens (including phenoxy) is 1. The van der Waals surface area contributed by atoms with Gasteiger partial charge in [0.1, 0.15) is 0 Å². The summed E-state index contributed by atoms with van der Waals surface area (Å²) in [6.45, 7) is 0.911. The van der Waals surface area contributed by atoms with Crippen LogP contribution in [0, 0.1) is 0 Å². The molecule has 0 saturated carbocycles. The molecular formula is C13H20N2O2S. The van der Waals surface area contributed by atoms with E-state index in [4.69, 9.17) is 9.84 Å². The minimum atomic E-state index is 0.0744. The van der Waals surface area contributed by atoms with E-state index in [1.807, 2.05) is 22.6 Å². The Balaban J connectivity index is 1.73. The largest absolute Gasteiger partial charge is 0.392 e. The summed E-state index contributed by atoms with van der Waals surface area (Å²) in [5.41, 5.74) is 0.995. The Morgan fingerprint density at radius 3 is 3.06 bits per heavy atom. The molecule has 3 heterocycles. The minimum Gasteiger partial charge on any atom is -0.392 e. The summed E-state index contributed by atoms with van der Waals surface area (Å²) in [6, 6.07) is 0.433. The van der Waals surface area contributed by atoms with E-state index in [9.17, 15) is 0 Å². The Morgan fingerprint density at radius 1 is 1.50 bits per heavy atom. The molecule has 100 valence electrons. The number of aromatic nitrogens is 2. The molecule has 3 rings (SSSR count). The van der Waals surface area contributed by atoms with Crippen LogP contribution >= 0.6 is 11.8 Å². The van der Waals surface area contributed by atoms with E-state index in [0.29, 0.717) is 6.04 Å². The number of hydrogen-bond acceptors (Lipinski definition) is 4. The summed E-state index contributed by atoms with van der Waals surface area (Å²) < 4.78 is 8.11. The van der Waals surface area contributed by atoms with Gasteiger partial charge in [-0.05, 0) is 37.2 Å². The van der Waals surface area contributed by atoms with Gasteiger partial charge in [0.2, 0.25) is 0 Å². The van der Waals surface area contributed by atoms with E-state index in [1.54, 1.807) is 6.20 Å². The number of thioether (sulfide) groups is 1. The third-order valence-electron chi connectivity index (χ3n) is 4.08. The molecule has 1 spiro atoms. The normalized spacial score (nSPS) is 27.5. The Kier molecular flexibility index (Phi) is 3.63. The summed E-state index contributed by atoms with van der Waals surface area (Å²) in [5.74, 6) is 2.43. The Hall–Kier alpha value is -0.520. The van der Waals surface area contributed by atoms with Crippen molar-refractivity contribution >= 4 is 11.8 Å². The molecule has 0 radical (unpaired) electrons. The van der Waals surface area contributed by atoms with Crippen molar-refractivity contribution in [2.24, 2.45) is 0 Å². The van der Waals surface area contributed by atoms with Gasteiger partial charge in [0.05, 0.1) is 24.4 Å². The Morgan fingerprint density at radius 2 is 2.33 bits per heavy atom. The molecule has 0 amide bonds. The first-order valence-corrected chi connectivity index (χ1v) is 7.82. The van der Waals surface area contributed by atoms with E-state index in [0.717, 1.165) is 25.0 Å². The molecule has 2 saturated heterocycles. The van der Waals surface area contributed by atoms with Crippen molar-refractivity contribution in [1.29, 1.82) is 0 Å². The lowest BCUT2D eigenvalue weighted by Crippen LogP contribution is -2.43. The summed E-state index contributed by atoms with van der Waals surface area (Å²) >= 11 is 2.03. The van der Waals surface area contributed by atoms with Gasteiger partial charge >= 0.3 is 0 Å². The summed E-state index contributed by atoms with van der Waals surface area (Å²) in [4.78, 5) is 0. The van der Waals surface area contributed by atoms with Gasteiger partial charge in [-0.1, -0.05) is 0 Å². The maximum atomic E-state index is 9.11. The molecule has 0 bridgehead atoms. The van der Waals surface area contributed by atoms with Gasteiger partial charge in [-0.25, -0.2) is 0 Å². The van der Waals surface area contributed by atoms with Crippen molar-refractivity contribution in [2.75, 3.05) is 18.1 Å². The van der Waals surface area contributed by atoms with Crippen LogP contribution in [-0.2, 0) is 11.3 Å². The standard InChI is InChI=1S/C13H20N2O2S/c16-10-11-8-14-15(9-11)12-1-4-17-13(7-12)2-5-18-6-3-13/h8-9,12,16H,1-7,10H2. The summed E-state index contributed by atoms with van der Waals surface area (Å²) in [7, 11) is 0. The van der Waals surface area contributed by atoms with Crippen LogP contribution in [-0.4, -0.2) is 38.6 Å². The second-order valence-electron chi connectivity index (χ2n) is 5.28. The molecule has 4 nitrogen and oxygen atoms in total. The first-order valence-electron chi connectivity index (χ1n) is 6.67. The van der Waals surface area contributed by atoms with Crippen LogP contribution in [0.2, 0.25) is 0 Å². The van der Waals surface area contributed by atoms with E-state index >= 15 is 0 Å².